The fourth-order valence-corrected chi connectivity index (χ4v) is 2.80. The molecular weight excluding hydrogens is 376 g/mol. The molecule has 0 saturated heterocycles. The SMILES string of the molecule is NC(=O)c1cc2cc(Cl)c(OCCc3ccccc3[N+](=O)[O-])cc2oc1=O. The standard InChI is InChI=1S/C18H13ClN2O6/c19-13-8-11-7-12(17(20)22)18(23)27-15(11)9-16(13)26-6-5-10-3-1-2-4-14(10)21(24)25/h1-4,7-9H,5-6H2,(H2,20,22). The molecule has 0 unspecified atom stereocenters. The zero-order valence-corrected chi connectivity index (χ0v) is 14.6. The topological polar surface area (TPSA) is 126 Å². The van der Waals surface area contributed by atoms with Crippen molar-refractivity contribution in [2.45, 2.75) is 6.42 Å². The van der Waals surface area contributed by atoms with Crippen LogP contribution in [0.25, 0.3) is 11.0 Å². The van der Waals surface area contributed by atoms with Crippen molar-refractivity contribution in [2.24, 2.45) is 5.73 Å². The van der Waals surface area contributed by atoms with Gasteiger partial charge >= 0.3 is 5.63 Å². The number of hydrogen-bond donors (Lipinski definition) is 1. The van der Waals surface area contributed by atoms with Gasteiger partial charge in [-0.05, 0) is 12.1 Å². The summed E-state index contributed by atoms with van der Waals surface area (Å²) < 4.78 is 10.7. The lowest BCUT2D eigenvalue weighted by atomic mass is 10.1. The van der Waals surface area contributed by atoms with Crippen molar-refractivity contribution in [2.75, 3.05) is 6.61 Å². The van der Waals surface area contributed by atoms with Gasteiger partial charge < -0.3 is 14.9 Å². The number of benzene rings is 2. The van der Waals surface area contributed by atoms with Crippen molar-refractivity contribution >= 4 is 34.2 Å². The molecule has 0 fully saturated rings. The van der Waals surface area contributed by atoms with Crippen LogP contribution in [0.5, 0.6) is 5.75 Å². The third-order valence-electron chi connectivity index (χ3n) is 3.87. The molecule has 0 bridgehead atoms. The summed E-state index contributed by atoms with van der Waals surface area (Å²) in [5.41, 5.74) is 4.70. The molecule has 1 heterocycles. The smallest absolute Gasteiger partial charge is 0.349 e. The summed E-state index contributed by atoms with van der Waals surface area (Å²) in [7, 11) is 0. The van der Waals surface area contributed by atoms with Crippen molar-refractivity contribution in [3.8, 4) is 5.75 Å². The van der Waals surface area contributed by atoms with E-state index in [0.717, 1.165) is 0 Å². The lowest BCUT2D eigenvalue weighted by Gasteiger charge is -2.09. The second-order valence-electron chi connectivity index (χ2n) is 5.62. The first-order chi connectivity index (χ1) is 12.9. The number of hydrogen-bond acceptors (Lipinski definition) is 6. The van der Waals surface area contributed by atoms with Crippen molar-refractivity contribution in [1.82, 2.24) is 0 Å². The molecule has 9 heteroatoms. The fraction of sp³-hybridized carbons (Fsp3) is 0.111. The van der Waals surface area contributed by atoms with Gasteiger partial charge in [-0.25, -0.2) is 4.79 Å². The summed E-state index contributed by atoms with van der Waals surface area (Å²) >= 11 is 6.17. The minimum Gasteiger partial charge on any atom is -0.492 e. The number of nitrogens with two attached hydrogens (primary N) is 1. The summed E-state index contributed by atoms with van der Waals surface area (Å²) in [6, 6.07) is 10.6. The molecule has 0 radical (unpaired) electrons. The van der Waals surface area contributed by atoms with Gasteiger partial charge in [0.25, 0.3) is 11.6 Å². The molecule has 138 valence electrons. The number of ether oxygens (including phenoxy) is 1. The van der Waals surface area contributed by atoms with Gasteiger partial charge in [-0.3, -0.25) is 14.9 Å². The number of halogens is 1. The molecule has 2 N–H and O–H groups in total. The number of carbonyl (C=O) groups excluding carboxylic acids is 1. The Morgan fingerprint density at radius 3 is 2.70 bits per heavy atom. The van der Waals surface area contributed by atoms with Gasteiger partial charge in [0.05, 0.1) is 16.6 Å². The first-order valence-electron chi connectivity index (χ1n) is 7.79. The van der Waals surface area contributed by atoms with Crippen LogP contribution in [0.4, 0.5) is 5.69 Å². The van der Waals surface area contributed by atoms with Crippen molar-refractivity contribution in [3.63, 3.8) is 0 Å². The van der Waals surface area contributed by atoms with Crippen molar-refractivity contribution in [3.05, 3.63) is 79.1 Å². The molecule has 1 amide bonds. The number of rotatable bonds is 6. The molecule has 1 aromatic heterocycles. The second kappa shape index (κ2) is 7.46. The highest BCUT2D eigenvalue weighted by Gasteiger charge is 2.15. The van der Waals surface area contributed by atoms with E-state index in [-0.39, 0.29) is 40.6 Å². The number of carbonyl (C=O) groups is 1. The minimum atomic E-state index is -0.897. The Labute approximate surface area is 157 Å². The Kier molecular flexibility index (Phi) is 5.09. The van der Waals surface area contributed by atoms with Crippen LogP contribution in [-0.2, 0) is 6.42 Å². The summed E-state index contributed by atoms with van der Waals surface area (Å²) in [5, 5.41) is 11.7. The zero-order chi connectivity index (χ0) is 19.6. The minimum absolute atomic E-state index is 0.00989. The molecule has 3 aromatic rings. The monoisotopic (exact) mass is 388 g/mol. The molecule has 2 aromatic carbocycles. The number of nitro groups is 1. The van der Waals surface area contributed by atoms with E-state index in [2.05, 4.69) is 0 Å². The van der Waals surface area contributed by atoms with Gasteiger partial charge in [0, 0.05) is 29.5 Å². The number of para-hydroxylation sites is 1. The Hall–Kier alpha value is -3.39. The van der Waals surface area contributed by atoms with E-state index in [1.165, 1.54) is 24.3 Å². The lowest BCUT2D eigenvalue weighted by molar-refractivity contribution is -0.385. The summed E-state index contributed by atoms with van der Waals surface area (Å²) in [4.78, 5) is 33.6. The summed E-state index contributed by atoms with van der Waals surface area (Å²) in [6.07, 6.45) is 0.288. The predicted octanol–water partition coefficient (Wildman–Crippen LogP) is 3.08. The van der Waals surface area contributed by atoms with Crippen LogP contribution in [0.1, 0.15) is 15.9 Å². The van der Waals surface area contributed by atoms with Crippen molar-refractivity contribution in [1.29, 1.82) is 0 Å². The number of nitrogens with zero attached hydrogens (tertiary/aromatic N) is 1. The van der Waals surface area contributed by atoms with Crippen LogP contribution in [0.3, 0.4) is 0 Å². The first kappa shape index (κ1) is 18.4. The van der Waals surface area contributed by atoms with Crippen LogP contribution in [0.2, 0.25) is 5.02 Å². The predicted molar refractivity (Wildman–Crippen MR) is 98.3 cm³/mol. The normalized spacial score (nSPS) is 10.7. The maximum Gasteiger partial charge on any atom is 0.349 e. The Morgan fingerprint density at radius 2 is 2.00 bits per heavy atom. The maximum absolute atomic E-state index is 11.8. The summed E-state index contributed by atoms with van der Waals surface area (Å²) in [6.45, 7) is 0.125. The molecule has 8 nitrogen and oxygen atoms in total. The molecule has 3 rings (SSSR count). The fourth-order valence-electron chi connectivity index (χ4n) is 2.57. The molecule has 0 aliphatic rings. The van der Waals surface area contributed by atoms with Crippen LogP contribution >= 0.6 is 11.6 Å². The van der Waals surface area contributed by atoms with E-state index >= 15 is 0 Å². The highest BCUT2D eigenvalue weighted by molar-refractivity contribution is 6.32. The molecule has 0 saturated carbocycles. The van der Waals surface area contributed by atoms with E-state index in [4.69, 9.17) is 26.5 Å². The lowest BCUT2D eigenvalue weighted by Crippen LogP contribution is -2.20. The highest BCUT2D eigenvalue weighted by Crippen LogP contribution is 2.30. The Bertz CT molecular complexity index is 1110. The Balaban J connectivity index is 1.83. The Morgan fingerprint density at radius 1 is 1.26 bits per heavy atom. The van der Waals surface area contributed by atoms with Crippen LogP contribution < -0.4 is 16.1 Å². The van der Waals surface area contributed by atoms with Crippen molar-refractivity contribution < 1.29 is 18.9 Å². The van der Waals surface area contributed by atoms with Gasteiger partial charge in [-0.1, -0.05) is 29.8 Å². The van der Waals surface area contributed by atoms with Gasteiger partial charge in [0.2, 0.25) is 0 Å². The van der Waals surface area contributed by atoms with Crippen LogP contribution in [-0.4, -0.2) is 17.4 Å². The van der Waals surface area contributed by atoms with E-state index in [9.17, 15) is 19.7 Å². The van der Waals surface area contributed by atoms with E-state index < -0.39 is 16.5 Å². The first-order valence-corrected chi connectivity index (χ1v) is 8.17. The van der Waals surface area contributed by atoms with E-state index in [1.807, 2.05) is 0 Å². The van der Waals surface area contributed by atoms with Crippen LogP contribution in [0, 0.1) is 10.1 Å². The molecule has 27 heavy (non-hydrogen) atoms. The molecule has 0 aliphatic heterocycles. The van der Waals surface area contributed by atoms with Gasteiger partial charge in [-0.15, -0.1) is 0 Å². The average Bonchev–Trinajstić information content (AvgIpc) is 2.62. The number of primary amides is 1. The largest absolute Gasteiger partial charge is 0.492 e. The molecule has 0 aliphatic carbocycles. The van der Waals surface area contributed by atoms with E-state index in [1.54, 1.807) is 18.2 Å². The zero-order valence-electron chi connectivity index (χ0n) is 13.8. The molecular formula is C18H13ClN2O6. The number of amides is 1. The van der Waals surface area contributed by atoms with E-state index in [0.29, 0.717) is 10.9 Å². The van der Waals surface area contributed by atoms with Gasteiger partial charge in [-0.2, -0.15) is 0 Å². The highest BCUT2D eigenvalue weighted by atomic mass is 35.5. The maximum atomic E-state index is 11.8. The van der Waals surface area contributed by atoms with Crippen LogP contribution in [0.15, 0.2) is 51.7 Å². The van der Waals surface area contributed by atoms with Gasteiger partial charge in [0.1, 0.15) is 16.9 Å². The molecule has 0 spiro atoms. The third kappa shape index (κ3) is 3.90. The number of fused-ring (bicyclic) bond motifs is 1. The quantitative estimate of drug-likeness (QED) is 0.393. The number of nitro benzene ring substituents is 1. The summed E-state index contributed by atoms with van der Waals surface area (Å²) in [5.74, 6) is -0.649. The molecule has 0 atom stereocenters. The van der Waals surface area contributed by atoms with Gasteiger partial charge in [0.15, 0.2) is 0 Å². The average molecular weight is 389 g/mol. The second-order valence-corrected chi connectivity index (χ2v) is 6.02. The third-order valence-corrected chi connectivity index (χ3v) is 4.16.